The normalized spacial score (nSPS) is 34.3. The summed E-state index contributed by atoms with van der Waals surface area (Å²) in [5.74, 6) is 1.19. The van der Waals surface area contributed by atoms with Crippen LogP contribution in [0.4, 0.5) is 0 Å². The number of hydrogen-bond acceptors (Lipinski definition) is 2. The van der Waals surface area contributed by atoms with Gasteiger partial charge >= 0.3 is 0 Å². The predicted molar refractivity (Wildman–Crippen MR) is 39.5 cm³/mol. The van der Waals surface area contributed by atoms with Crippen LogP contribution in [0.5, 0.6) is 0 Å². The lowest BCUT2D eigenvalue weighted by atomic mass is 10.2. The smallest absolute Gasteiger partial charge is 0.207 e. The van der Waals surface area contributed by atoms with Crippen LogP contribution in [-0.4, -0.2) is 23.5 Å². The molecule has 1 amide bonds. The molecule has 1 aliphatic heterocycles. The molecule has 1 N–H and O–H groups in total. The second-order valence-corrected chi connectivity index (χ2v) is 3.74. The standard InChI is InChI=1S/C6H11NOS/c1-5-6(7-4-8)2-3-9-5/h4-6H,2-3H2,1H3,(H,7,8). The third-order valence-corrected chi connectivity index (χ3v) is 2.98. The third kappa shape index (κ3) is 1.61. The summed E-state index contributed by atoms with van der Waals surface area (Å²) in [7, 11) is 0. The van der Waals surface area contributed by atoms with E-state index in [1.165, 1.54) is 5.75 Å². The Balaban J connectivity index is 2.30. The van der Waals surface area contributed by atoms with Gasteiger partial charge in [-0.2, -0.15) is 11.8 Å². The van der Waals surface area contributed by atoms with Crippen LogP contribution >= 0.6 is 11.8 Å². The number of rotatable bonds is 2. The highest BCUT2D eigenvalue weighted by Gasteiger charge is 2.22. The molecule has 1 aliphatic rings. The van der Waals surface area contributed by atoms with Gasteiger partial charge in [0.2, 0.25) is 6.41 Å². The summed E-state index contributed by atoms with van der Waals surface area (Å²) in [6, 6.07) is 0.424. The van der Waals surface area contributed by atoms with E-state index in [1.807, 2.05) is 11.8 Å². The molecule has 52 valence electrons. The van der Waals surface area contributed by atoms with Crippen molar-refractivity contribution in [3.8, 4) is 0 Å². The van der Waals surface area contributed by atoms with Crippen LogP contribution in [0.1, 0.15) is 13.3 Å². The van der Waals surface area contributed by atoms with Gasteiger partial charge in [0.25, 0.3) is 0 Å². The molecule has 1 rings (SSSR count). The third-order valence-electron chi connectivity index (χ3n) is 1.66. The van der Waals surface area contributed by atoms with Crippen LogP contribution in [0, 0.1) is 0 Å². The molecule has 9 heavy (non-hydrogen) atoms. The number of thioether (sulfide) groups is 1. The van der Waals surface area contributed by atoms with E-state index < -0.39 is 0 Å². The molecule has 1 fully saturated rings. The van der Waals surface area contributed by atoms with Crippen molar-refractivity contribution in [2.24, 2.45) is 0 Å². The van der Waals surface area contributed by atoms with Crippen molar-refractivity contribution in [2.45, 2.75) is 24.6 Å². The molecule has 0 radical (unpaired) electrons. The molecular weight excluding hydrogens is 134 g/mol. The van der Waals surface area contributed by atoms with Crippen LogP contribution in [0.3, 0.4) is 0 Å². The first-order chi connectivity index (χ1) is 4.34. The Bertz CT molecular complexity index is 107. The first-order valence-electron chi connectivity index (χ1n) is 3.16. The van der Waals surface area contributed by atoms with E-state index >= 15 is 0 Å². The van der Waals surface area contributed by atoms with Gasteiger partial charge < -0.3 is 5.32 Å². The zero-order valence-corrected chi connectivity index (χ0v) is 6.28. The molecule has 0 bridgehead atoms. The number of nitrogens with one attached hydrogen (secondary N) is 1. The van der Waals surface area contributed by atoms with Crippen molar-refractivity contribution >= 4 is 18.2 Å². The fourth-order valence-corrected chi connectivity index (χ4v) is 2.25. The lowest BCUT2D eigenvalue weighted by Crippen LogP contribution is -2.31. The van der Waals surface area contributed by atoms with Crippen molar-refractivity contribution in [3.63, 3.8) is 0 Å². The lowest BCUT2D eigenvalue weighted by Gasteiger charge is -2.11. The predicted octanol–water partition coefficient (Wildman–Crippen LogP) is 0.626. The van der Waals surface area contributed by atoms with E-state index in [0.29, 0.717) is 11.3 Å². The van der Waals surface area contributed by atoms with Gasteiger partial charge in [-0.3, -0.25) is 4.79 Å². The quantitative estimate of drug-likeness (QED) is 0.577. The Kier molecular flexibility index (Phi) is 2.39. The summed E-state index contributed by atoms with van der Waals surface area (Å²) in [5, 5.41) is 3.40. The van der Waals surface area contributed by atoms with Crippen LogP contribution in [0.25, 0.3) is 0 Å². The average molecular weight is 145 g/mol. The second-order valence-electron chi connectivity index (χ2n) is 2.26. The largest absolute Gasteiger partial charge is 0.355 e. The monoisotopic (exact) mass is 145 g/mol. The van der Waals surface area contributed by atoms with E-state index in [2.05, 4.69) is 12.2 Å². The van der Waals surface area contributed by atoms with Gasteiger partial charge in [-0.25, -0.2) is 0 Å². The molecule has 1 heterocycles. The minimum Gasteiger partial charge on any atom is -0.355 e. The lowest BCUT2D eigenvalue weighted by molar-refractivity contribution is -0.110. The SMILES string of the molecule is CC1SCCC1NC=O. The summed E-state index contributed by atoms with van der Waals surface area (Å²) < 4.78 is 0. The minimum atomic E-state index is 0.424. The van der Waals surface area contributed by atoms with Crippen LogP contribution in [-0.2, 0) is 4.79 Å². The first-order valence-corrected chi connectivity index (χ1v) is 4.21. The van der Waals surface area contributed by atoms with Gasteiger partial charge in [0.05, 0.1) is 0 Å². The summed E-state index contributed by atoms with van der Waals surface area (Å²) in [6.45, 7) is 2.15. The molecule has 1 saturated heterocycles. The molecule has 2 nitrogen and oxygen atoms in total. The van der Waals surface area contributed by atoms with Crippen LogP contribution in [0.15, 0.2) is 0 Å². The molecule has 0 aromatic heterocycles. The maximum Gasteiger partial charge on any atom is 0.207 e. The second kappa shape index (κ2) is 3.11. The van der Waals surface area contributed by atoms with Crippen molar-refractivity contribution < 1.29 is 4.79 Å². The van der Waals surface area contributed by atoms with Crippen LogP contribution < -0.4 is 5.32 Å². The van der Waals surface area contributed by atoms with E-state index in [1.54, 1.807) is 0 Å². The molecule has 0 aliphatic carbocycles. The highest BCUT2D eigenvalue weighted by atomic mass is 32.2. The highest BCUT2D eigenvalue weighted by molar-refractivity contribution is 8.00. The maximum absolute atomic E-state index is 9.99. The van der Waals surface area contributed by atoms with Gasteiger partial charge in [-0.05, 0) is 12.2 Å². The van der Waals surface area contributed by atoms with Crippen molar-refractivity contribution in [1.82, 2.24) is 5.32 Å². The average Bonchev–Trinajstić information content (AvgIpc) is 2.18. The summed E-state index contributed by atoms with van der Waals surface area (Å²) in [6.07, 6.45) is 1.93. The topological polar surface area (TPSA) is 29.1 Å². The molecule has 3 heteroatoms. The Morgan fingerprint density at radius 2 is 2.56 bits per heavy atom. The number of hydrogen-bond donors (Lipinski definition) is 1. The fourth-order valence-electron chi connectivity index (χ4n) is 1.04. The summed E-state index contributed by atoms with van der Waals surface area (Å²) in [5.41, 5.74) is 0. The van der Waals surface area contributed by atoms with E-state index in [0.717, 1.165) is 12.8 Å². The number of carbonyl (C=O) groups is 1. The van der Waals surface area contributed by atoms with Crippen LogP contribution in [0.2, 0.25) is 0 Å². The van der Waals surface area contributed by atoms with Gasteiger partial charge in [0.15, 0.2) is 0 Å². The molecule has 0 aromatic rings. The van der Waals surface area contributed by atoms with E-state index in [-0.39, 0.29) is 0 Å². The number of amides is 1. The zero-order chi connectivity index (χ0) is 6.69. The minimum absolute atomic E-state index is 0.424. The van der Waals surface area contributed by atoms with Gasteiger partial charge in [-0.1, -0.05) is 6.92 Å². The molecule has 2 atom stereocenters. The zero-order valence-electron chi connectivity index (χ0n) is 5.46. The highest BCUT2D eigenvalue weighted by Crippen LogP contribution is 2.25. The molecule has 2 unspecified atom stereocenters. The first kappa shape index (κ1) is 6.93. The maximum atomic E-state index is 9.99. The Morgan fingerprint density at radius 1 is 1.78 bits per heavy atom. The Morgan fingerprint density at radius 3 is 3.00 bits per heavy atom. The van der Waals surface area contributed by atoms with Crippen molar-refractivity contribution in [1.29, 1.82) is 0 Å². The van der Waals surface area contributed by atoms with Gasteiger partial charge in [0, 0.05) is 11.3 Å². The molecule has 0 saturated carbocycles. The Labute approximate surface area is 59.4 Å². The Hall–Kier alpha value is -0.180. The molecule has 0 aromatic carbocycles. The summed E-state index contributed by atoms with van der Waals surface area (Å²) >= 11 is 1.92. The van der Waals surface area contributed by atoms with Gasteiger partial charge in [-0.15, -0.1) is 0 Å². The summed E-state index contributed by atoms with van der Waals surface area (Å²) in [4.78, 5) is 9.99. The van der Waals surface area contributed by atoms with Crippen molar-refractivity contribution in [2.75, 3.05) is 5.75 Å². The molecule has 0 spiro atoms. The number of carbonyl (C=O) groups excluding carboxylic acids is 1. The van der Waals surface area contributed by atoms with E-state index in [9.17, 15) is 4.79 Å². The van der Waals surface area contributed by atoms with E-state index in [4.69, 9.17) is 0 Å². The fraction of sp³-hybridized carbons (Fsp3) is 0.833. The van der Waals surface area contributed by atoms with Crippen molar-refractivity contribution in [3.05, 3.63) is 0 Å². The van der Waals surface area contributed by atoms with Gasteiger partial charge in [0.1, 0.15) is 0 Å². The molecular formula is C6H11NOS.